The highest BCUT2D eigenvalue weighted by atomic mass is 16.2. The van der Waals surface area contributed by atoms with Crippen molar-refractivity contribution < 1.29 is 14.4 Å². The van der Waals surface area contributed by atoms with E-state index >= 15 is 0 Å². The summed E-state index contributed by atoms with van der Waals surface area (Å²) in [5.74, 6) is -1.27. The van der Waals surface area contributed by atoms with Gasteiger partial charge in [0, 0.05) is 24.1 Å². The van der Waals surface area contributed by atoms with Gasteiger partial charge in [-0.25, -0.2) is 4.79 Å². The van der Waals surface area contributed by atoms with Crippen LogP contribution in [0.3, 0.4) is 0 Å². The number of benzene rings is 1. The van der Waals surface area contributed by atoms with Gasteiger partial charge in [0.05, 0.1) is 0 Å². The number of nitrogens with one attached hydrogen (secondary N) is 1. The standard InChI is InChI=1S/C20H21N3O3/c1-11-6-12(2)8-16(7-11)23-13(3)9-15(14(23)4)10-17-18(24)21-20(26)22(5)19(17)25/h6-10H,1-5H3,(H,21,24,26)/b17-10-. The van der Waals surface area contributed by atoms with Crippen molar-refractivity contribution in [2.24, 2.45) is 0 Å². The summed E-state index contributed by atoms with van der Waals surface area (Å²) in [6.07, 6.45) is 1.54. The number of imide groups is 2. The largest absolute Gasteiger partial charge is 0.331 e. The molecule has 3 rings (SSSR count). The Morgan fingerprint density at radius 1 is 0.923 bits per heavy atom. The average molecular weight is 351 g/mol. The normalized spacial score (nSPS) is 16.4. The summed E-state index contributed by atoms with van der Waals surface area (Å²) in [6.45, 7) is 8.01. The summed E-state index contributed by atoms with van der Waals surface area (Å²) in [7, 11) is 1.34. The van der Waals surface area contributed by atoms with Crippen molar-refractivity contribution in [3.05, 3.63) is 57.9 Å². The predicted octanol–water partition coefficient (Wildman–Crippen LogP) is 2.80. The lowest BCUT2D eigenvalue weighted by Crippen LogP contribution is -2.52. The van der Waals surface area contributed by atoms with E-state index in [0.717, 1.165) is 38.7 Å². The number of aryl methyl sites for hydroxylation is 3. The molecule has 1 aromatic carbocycles. The molecule has 0 spiro atoms. The number of hydrogen-bond acceptors (Lipinski definition) is 3. The van der Waals surface area contributed by atoms with E-state index in [1.807, 2.05) is 33.8 Å². The molecule has 0 bridgehead atoms. The number of hydrogen-bond donors (Lipinski definition) is 1. The Morgan fingerprint density at radius 2 is 1.54 bits per heavy atom. The molecule has 2 aromatic rings. The lowest BCUT2D eigenvalue weighted by Gasteiger charge is -2.22. The molecule has 0 atom stereocenters. The van der Waals surface area contributed by atoms with E-state index in [4.69, 9.17) is 0 Å². The Balaban J connectivity index is 2.10. The van der Waals surface area contributed by atoms with Crippen molar-refractivity contribution in [1.29, 1.82) is 0 Å². The van der Waals surface area contributed by atoms with Gasteiger partial charge in [0.25, 0.3) is 11.8 Å². The summed E-state index contributed by atoms with van der Waals surface area (Å²) >= 11 is 0. The first-order chi connectivity index (χ1) is 12.2. The van der Waals surface area contributed by atoms with Gasteiger partial charge in [0.15, 0.2) is 0 Å². The molecule has 1 saturated heterocycles. The van der Waals surface area contributed by atoms with Gasteiger partial charge < -0.3 is 4.57 Å². The molecule has 26 heavy (non-hydrogen) atoms. The van der Waals surface area contributed by atoms with Crippen molar-refractivity contribution in [3.8, 4) is 5.69 Å². The zero-order valence-corrected chi connectivity index (χ0v) is 15.5. The van der Waals surface area contributed by atoms with Crippen LogP contribution in [0, 0.1) is 27.7 Å². The van der Waals surface area contributed by atoms with E-state index in [2.05, 4.69) is 28.1 Å². The summed E-state index contributed by atoms with van der Waals surface area (Å²) in [6, 6.07) is 7.51. The van der Waals surface area contributed by atoms with E-state index < -0.39 is 17.8 Å². The van der Waals surface area contributed by atoms with Gasteiger partial charge in [-0.1, -0.05) is 6.07 Å². The van der Waals surface area contributed by atoms with Crippen LogP contribution in [-0.2, 0) is 9.59 Å². The molecule has 0 unspecified atom stereocenters. The summed E-state index contributed by atoms with van der Waals surface area (Å²) in [4.78, 5) is 36.8. The fourth-order valence-electron chi connectivity index (χ4n) is 3.31. The summed E-state index contributed by atoms with van der Waals surface area (Å²) in [5.41, 5.74) is 5.99. The van der Waals surface area contributed by atoms with Crippen LogP contribution in [0.5, 0.6) is 0 Å². The third-order valence-electron chi connectivity index (χ3n) is 4.54. The van der Waals surface area contributed by atoms with Gasteiger partial charge in [-0.2, -0.15) is 0 Å². The molecule has 0 saturated carbocycles. The number of nitrogens with zero attached hydrogens (tertiary/aromatic N) is 2. The van der Waals surface area contributed by atoms with Crippen LogP contribution < -0.4 is 5.32 Å². The third-order valence-corrected chi connectivity index (χ3v) is 4.54. The number of carbonyl (C=O) groups excluding carboxylic acids is 3. The van der Waals surface area contributed by atoms with E-state index in [1.165, 1.54) is 7.05 Å². The number of aromatic nitrogens is 1. The molecule has 1 fully saturated rings. The Labute approximate surface area is 152 Å². The molecular weight excluding hydrogens is 330 g/mol. The van der Waals surface area contributed by atoms with Gasteiger partial charge in [-0.05, 0) is 68.7 Å². The lowest BCUT2D eigenvalue weighted by atomic mass is 10.1. The number of carbonyl (C=O) groups is 3. The Kier molecular flexibility index (Phi) is 4.28. The molecule has 4 amide bonds. The maximum atomic E-state index is 12.3. The van der Waals surface area contributed by atoms with Crippen molar-refractivity contribution in [2.45, 2.75) is 27.7 Å². The highest BCUT2D eigenvalue weighted by molar-refractivity contribution is 6.30. The minimum absolute atomic E-state index is 0.0484. The molecule has 0 radical (unpaired) electrons. The molecule has 0 aliphatic carbocycles. The second kappa shape index (κ2) is 6.29. The van der Waals surface area contributed by atoms with E-state index in [1.54, 1.807) is 6.08 Å². The second-order valence-corrected chi connectivity index (χ2v) is 6.69. The Hall–Kier alpha value is -3.15. The quantitative estimate of drug-likeness (QED) is 0.668. The maximum absolute atomic E-state index is 12.3. The number of urea groups is 1. The van der Waals surface area contributed by atoms with E-state index in [9.17, 15) is 14.4 Å². The van der Waals surface area contributed by atoms with Gasteiger partial charge in [0.1, 0.15) is 5.57 Å². The van der Waals surface area contributed by atoms with Crippen molar-refractivity contribution >= 4 is 23.9 Å². The summed E-state index contributed by atoms with van der Waals surface area (Å²) < 4.78 is 2.09. The molecule has 1 N–H and O–H groups in total. The van der Waals surface area contributed by atoms with Gasteiger partial charge in [-0.3, -0.25) is 19.8 Å². The van der Waals surface area contributed by atoms with E-state index in [0.29, 0.717) is 0 Å². The average Bonchev–Trinajstić information content (AvgIpc) is 2.82. The number of rotatable bonds is 2. The van der Waals surface area contributed by atoms with Crippen LogP contribution in [-0.4, -0.2) is 34.4 Å². The number of likely N-dealkylation sites (N-methyl/N-ethyl adjacent to an activating group) is 1. The molecule has 1 aliphatic heterocycles. The van der Waals surface area contributed by atoms with Crippen LogP contribution in [0.25, 0.3) is 11.8 Å². The molecule has 1 aliphatic rings. The SMILES string of the molecule is Cc1cc(C)cc(-n2c(C)cc(/C=C3/C(=O)NC(=O)N(C)C3=O)c2C)c1. The zero-order valence-electron chi connectivity index (χ0n) is 15.5. The van der Waals surface area contributed by atoms with Gasteiger partial charge in [-0.15, -0.1) is 0 Å². The fraction of sp³-hybridized carbons (Fsp3) is 0.250. The van der Waals surface area contributed by atoms with Crippen molar-refractivity contribution in [3.63, 3.8) is 0 Å². The maximum Gasteiger partial charge on any atom is 0.331 e. The zero-order chi connectivity index (χ0) is 19.2. The number of barbiturate groups is 1. The highest BCUT2D eigenvalue weighted by Crippen LogP contribution is 2.25. The molecular formula is C20H21N3O3. The molecule has 6 nitrogen and oxygen atoms in total. The Bertz CT molecular complexity index is 962. The first kappa shape index (κ1) is 17.7. The monoisotopic (exact) mass is 351 g/mol. The molecule has 134 valence electrons. The molecule has 6 heteroatoms. The summed E-state index contributed by atoms with van der Waals surface area (Å²) in [5, 5.41) is 2.17. The Morgan fingerprint density at radius 3 is 2.15 bits per heavy atom. The number of amides is 4. The highest BCUT2D eigenvalue weighted by Gasteiger charge is 2.33. The molecule has 1 aromatic heterocycles. The molecule has 2 heterocycles. The first-order valence-corrected chi connectivity index (χ1v) is 8.31. The lowest BCUT2D eigenvalue weighted by molar-refractivity contribution is -0.129. The van der Waals surface area contributed by atoms with Crippen LogP contribution in [0.15, 0.2) is 29.8 Å². The smallest absolute Gasteiger partial charge is 0.318 e. The second-order valence-electron chi connectivity index (χ2n) is 6.69. The van der Waals surface area contributed by atoms with Gasteiger partial charge >= 0.3 is 6.03 Å². The third kappa shape index (κ3) is 2.94. The first-order valence-electron chi connectivity index (χ1n) is 8.31. The minimum atomic E-state index is -0.710. The van der Waals surface area contributed by atoms with Crippen molar-refractivity contribution in [2.75, 3.05) is 7.05 Å². The fourth-order valence-corrected chi connectivity index (χ4v) is 3.31. The minimum Gasteiger partial charge on any atom is -0.318 e. The topological polar surface area (TPSA) is 71.4 Å². The predicted molar refractivity (Wildman–Crippen MR) is 99.0 cm³/mol. The van der Waals surface area contributed by atoms with Crippen LogP contribution in [0.2, 0.25) is 0 Å². The van der Waals surface area contributed by atoms with Crippen LogP contribution in [0.1, 0.15) is 28.1 Å². The van der Waals surface area contributed by atoms with Crippen LogP contribution >= 0.6 is 0 Å². The van der Waals surface area contributed by atoms with Gasteiger partial charge in [0.2, 0.25) is 0 Å². The van der Waals surface area contributed by atoms with Crippen molar-refractivity contribution in [1.82, 2.24) is 14.8 Å². The van der Waals surface area contributed by atoms with E-state index in [-0.39, 0.29) is 5.57 Å². The van der Waals surface area contributed by atoms with Crippen LogP contribution in [0.4, 0.5) is 4.79 Å².